The summed E-state index contributed by atoms with van der Waals surface area (Å²) in [5.74, 6) is 0.922. The van der Waals surface area contributed by atoms with Crippen LogP contribution in [0.1, 0.15) is 113 Å². The second-order valence-corrected chi connectivity index (χ2v) is 26.8. The molecule has 1 aliphatic carbocycles. The number of hydrogen-bond donors (Lipinski definition) is 3. The predicted molar refractivity (Wildman–Crippen MR) is 352 cm³/mol. The molecule has 1 spiro atoms. The fourth-order valence-corrected chi connectivity index (χ4v) is 17.6. The van der Waals surface area contributed by atoms with Gasteiger partial charge >= 0.3 is 17.9 Å². The molecule has 4 aromatic carbocycles. The molecule has 6 aliphatic rings. The number of anilines is 1. The number of H-pyrrole nitrogens is 1. The van der Waals surface area contributed by atoms with E-state index in [0.29, 0.717) is 111 Å². The molecule has 20 heteroatoms. The number of ether oxygens (including phenoxy) is 8. The van der Waals surface area contributed by atoms with Gasteiger partial charge in [0.25, 0.3) is 0 Å². The van der Waals surface area contributed by atoms with Gasteiger partial charge in [-0.1, -0.05) is 70.2 Å². The van der Waals surface area contributed by atoms with E-state index >= 15 is 4.79 Å². The third kappa shape index (κ3) is 11.3. The van der Waals surface area contributed by atoms with Gasteiger partial charge in [0.1, 0.15) is 11.2 Å². The van der Waals surface area contributed by atoms with E-state index in [0.717, 1.165) is 65.9 Å². The van der Waals surface area contributed by atoms with Gasteiger partial charge in [0.15, 0.2) is 29.1 Å². The molecule has 1 saturated carbocycles. The molecule has 11 atom stereocenters. The zero-order valence-electron chi connectivity index (χ0n) is 56.4. The highest BCUT2D eigenvalue weighted by atomic mass is 16.6. The number of likely N-dealkylation sites (N-methyl/N-ethyl adjacent to an activating group) is 1. The molecular weight excluding hydrogens is 1180 g/mol. The van der Waals surface area contributed by atoms with E-state index in [-0.39, 0.29) is 18.3 Å². The molecule has 500 valence electrons. The largest absolute Gasteiger partial charge is 0.496 e. The van der Waals surface area contributed by atoms with E-state index in [9.17, 15) is 29.9 Å². The van der Waals surface area contributed by atoms with Crippen molar-refractivity contribution in [1.82, 2.24) is 19.7 Å². The first-order valence-corrected chi connectivity index (χ1v) is 32.6. The molecular formula is C73H94N6O14. The molecule has 2 bridgehead atoms. The van der Waals surface area contributed by atoms with Gasteiger partial charge < -0.3 is 62.9 Å². The number of nitrogens with one attached hydrogen (secondary N) is 1. The molecule has 5 aliphatic heterocycles. The minimum Gasteiger partial charge on any atom is -0.496 e. The van der Waals surface area contributed by atoms with Crippen LogP contribution >= 0.6 is 0 Å². The molecule has 3 N–H and O–H groups in total. The summed E-state index contributed by atoms with van der Waals surface area (Å²) in [6, 6.07) is 24.5. The highest BCUT2D eigenvalue weighted by Crippen LogP contribution is 2.68. The number of fused-ring (bicyclic) bond motifs is 6. The number of hydrogen-bond acceptors (Lipinski definition) is 18. The summed E-state index contributed by atoms with van der Waals surface area (Å²) in [4.78, 5) is 68.4. The lowest BCUT2D eigenvalue weighted by Gasteiger charge is -2.63. The van der Waals surface area contributed by atoms with Crippen LogP contribution in [0, 0.1) is 28.6 Å². The Balaban J connectivity index is 0.000000244. The third-order valence-electron chi connectivity index (χ3n) is 21.9. The van der Waals surface area contributed by atoms with Crippen LogP contribution in [0.5, 0.6) is 28.7 Å². The van der Waals surface area contributed by atoms with E-state index in [1.165, 1.54) is 38.7 Å². The number of nitrogens with zero attached hydrogens (tertiary/aromatic N) is 5. The van der Waals surface area contributed by atoms with Crippen LogP contribution < -0.4 is 28.6 Å². The number of benzene rings is 4. The SMILES string of the molecule is CC[C@]1(O)CC2CN(CCc3c([nH]c4ccccc34)[C@@](C(=O)OC)(c3cc4c(cc3OC)N(C=O)C3C45CCN4CC=C[C@@](CC)(C(OC(C)=O)[C@]3(O)C(=O)OC)[C@H]45)C2)C1.COc1ccc(CCN(C)CCCC(C#N)(c2ccc(OC)c(OC)c2)C(C)C)cc1OC. The highest BCUT2D eigenvalue weighted by molar-refractivity contribution is 5.96. The van der Waals surface area contributed by atoms with Crippen LogP contribution in [-0.4, -0.2) is 186 Å². The Morgan fingerprint density at radius 2 is 1.51 bits per heavy atom. The van der Waals surface area contributed by atoms with Crippen LogP contribution in [0.2, 0.25) is 0 Å². The monoisotopic (exact) mass is 1280 g/mol. The Labute approximate surface area is 547 Å². The van der Waals surface area contributed by atoms with Crippen LogP contribution in [0.4, 0.5) is 5.69 Å². The predicted octanol–water partition coefficient (Wildman–Crippen LogP) is 8.61. The molecule has 3 fully saturated rings. The summed E-state index contributed by atoms with van der Waals surface area (Å²) < 4.78 is 45.3. The fraction of sp³-hybridized carbons (Fsp3) is 0.548. The average molecular weight is 1280 g/mol. The molecule has 1 amide bonds. The van der Waals surface area contributed by atoms with Crippen molar-refractivity contribution in [2.24, 2.45) is 17.3 Å². The second kappa shape index (κ2) is 27.0. The number of para-hydroxylation sites is 1. The van der Waals surface area contributed by atoms with Crippen LogP contribution in [-0.2, 0) is 62.5 Å². The molecule has 6 unspecified atom stereocenters. The number of aromatic amines is 1. The van der Waals surface area contributed by atoms with Crippen molar-refractivity contribution < 1.29 is 67.3 Å². The number of aliphatic hydroxyl groups is 2. The standard InChI is InChI=1S/C46H56N4O10.C27H38N2O4/c1-7-42(55)22-28-23-45(40(53)58-5,36-30(14-18-48(24-28)25-42)29-12-9-10-13-33(29)47-36)32-20-31-34(21-35(32)57-4)50(26-51)38-44(31)16-19-49-17-11-15-43(8-2,37(44)49)39(60-27(3)52)46(38,56)41(54)59-6;1-20(2)27(19-28,22-10-12-24(31-5)26(18-22)33-7)14-8-15-29(3)16-13-21-9-11-23(30-4)25(17-21)32-6/h9-13,15,20-21,26,28,37-39,47,55-56H,7-8,14,16-19,22-25H2,1-6H3;9-12,17-18,20H,8,13-16H2,1-7H3/t28?,37-,38?,39?,42-,43+,44?,45-,46-;/m0./s1. The number of nitriles is 1. The van der Waals surface area contributed by atoms with Crippen molar-refractivity contribution in [1.29, 1.82) is 5.26 Å². The number of carbonyl (C=O) groups excluding carboxylic acids is 4. The summed E-state index contributed by atoms with van der Waals surface area (Å²) in [6.45, 7) is 14.2. The maximum atomic E-state index is 15.3. The van der Waals surface area contributed by atoms with Gasteiger partial charge in [-0.2, -0.15) is 5.26 Å². The Morgan fingerprint density at radius 3 is 2.14 bits per heavy atom. The smallest absolute Gasteiger partial charge is 0.344 e. The Kier molecular flexibility index (Phi) is 19.8. The molecule has 20 nitrogen and oxygen atoms in total. The highest BCUT2D eigenvalue weighted by Gasteiger charge is 2.81. The summed E-state index contributed by atoms with van der Waals surface area (Å²) in [6.07, 6.45) is 8.44. The maximum absolute atomic E-state index is 15.3. The number of esters is 3. The van der Waals surface area contributed by atoms with Gasteiger partial charge in [-0.15, -0.1) is 0 Å². The van der Waals surface area contributed by atoms with Crippen LogP contribution in [0.25, 0.3) is 10.9 Å². The van der Waals surface area contributed by atoms with Crippen LogP contribution in [0.3, 0.4) is 0 Å². The van der Waals surface area contributed by atoms with Gasteiger partial charge in [0, 0.05) is 84.7 Å². The van der Waals surface area contributed by atoms with Gasteiger partial charge in [-0.3, -0.25) is 24.2 Å². The Bertz CT molecular complexity index is 3680. The molecule has 93 heavy (non-hydrogen) atoms. The summed E-state index contributed by atoms with van der Waals surface area (Å²) >= 11 is 0. The van der Waals surface area contributed by atoms with Gasteiger partial charge in [-0.25, -0.2) is 4.79 Å². The molecule has 11 rings (SSSR count). The molecule has 1 aromatic heterocycles. The lowest BCUT2D eigenvalue weighted by Crippen LogP contribution is -2.81. The van der Waals surface area contributed by atoms with Crippen LogP contribution in [0.15, 0.2) is 84.9 Å². The number of aromatic nitrogens is 1. The maximum Gasteiger partial charge on any atom is 0.344 e. The zero-order chi connectivity index (χ0) is 67.0. The van der Waals surface area contributed by atoms with Gasteiger partial charge in [0.05, 0.1) is 78.6 Å². The quantitative estimate of drug-likeness (QED) is 0.0270. The lowest BCUT2D eigenvalue weighted by atomic mass is 9.47. The number of rotatable bonds is 21. The topological polar surface area (TPSA) is 235 Å². The summed E-state index contributed by atoms with van der Waals surface area (Å²) in [7, 11) is 12.8. The first kappa shape index (κ1) is 68.2. The number of amides is 1. The van der Waals surface area contributed by atoms with E-state index in [1.807, 2.05) is 80.6 Å². The summed E-state index contributed by atoms with van der Waals surface area (Å²) in [5, 5.41) is 36.5. The van der Waals surface area contributed by atoms with Crippen molar-refractivity contribution in [2.75, 3.05) is 108 Å². The second-order valence-electron chi connectivity index (χ2n) is 26.8. The van der Waals surface area contributed by atoms with E-state index < -0.39 is 69.0 Å². The van der Waals surface area contributed by atoms with Gasteiger partial charge in [-0.05, 0) is 148 Å². The number of piperidine rings is 1. The lowest BCUT2D eigenvalue weighted by molar-refractivity contribution is -0.228. The van der Waals surface area contributed by atoms with Crippen molar-refractivity contribution in [2.45, 2.75) is 138 Å². The van der Waals surface area contributed by atoms with E-state index in [1.54, 1.807) is 34.5 Å². The van der Waals surface area contributed by atoms with Crippen molar-refractivity contribution >= 4 is 40.9 Å². The number of carbonyl (C=O) groups is 4. The minimum atomic E-state index is -2.53. The molecule has 5 aromatic rings. The number of methoxy groups -OCH3 is 7. The Hall–Kier alpha value is -7.67. The zero-order valence-corrected chi connectivity index (χ0v) is 56.4. The van der Waals surface area contributed by atoms with E-state index in [2.05, 4.69) is 58.8 Å². The first-order valence-electron chi connectivity index (χ1n) is 32.6. The first-order chi connectivity index (χ1) is 44.6. The molecule has 6 heterocycles. The average Bonchev–Trinajstić information content (AvgIpc) is 1.50. The minimum absolute atomic E-state index is 0.155. The molecule has 0 radical (unpaired) electrons. The van der Waals surface area contributed by atoms with E-state index in [4.69, 9.17) is 37.9 Å². The third-order valence-corrected chi connectivity index (χ3v) is 21.9. The van der Waals surface area contributed by atoms with Crippen molar-refractivity contribution in [3.63, 3.8) is 0 Å². The van der Waals surface area contributed by atoms with Gasteiger partial charge in [0.2, 0.25) is 12.0 Å². The Morgan fingerprint density at radius 1 is 0.817 bits per heavy atom. The molecule has 2 saturated heterocycles. The normalized spacial score (nSPS) is 28.1. The van der Waals surface area contributed by atoms with Crippen molar-refractivity contribution in [3.8, 4) is 34.8 Å². The summed E-state index contributed by atoms with van der Waals surface area (Å²) in [5.41, 5.74) is -1.55. The van der Waals surface area contributed by atoms with Crippen molar-refractivity contribution in [3.05, 3.63) is 118 Å². The fourth-order valence-electron chi connectivity index (χ4n) is 17.6.